The SMILES string of the molecule is COCc1nc(-c2c(C)cc(C)cc2C)[nH]c(=O)c1I. The van der Waals surface area contributed by atoms with E-state index in [9.17, 15) is 4.79 Å². The highest BCUT2D eigenvalue weighted by atomic mass is 127. The summed E-state index contributed by atoms with van der Waals surface area (Å²) in [5.41, 5.74) is 4.95. The molecule has 0 fully saturated rings. The molecule has 1 aromatic heterocycles. The van der Waals surface area contributed by atoms with Crippen LogP contribution < -0.4 is 5.56 Å². The second-order valence-corrected chi connectivity index (χ2v) is 5.96. The molecule has 0 radical (unpaired) electrons. The minimum Gasteiger partial charge on any atom is -0.378 e. The van der Waals surface area contributed by atoms with Crippen LogP contribution >= 0.6 is 22.6 Å². The van der Waals surface area contributed by atoms with E-state index in [4.69, 9.17) is 4.74 Å². The third kappa shape index (κ3) is 2.93. The van der Waals surface area contributed by atoms with E-state index in [0.29, 0.717) is 21.7 Å². The van der Waals surface area contributed by atoms with Crippen LogP contribution in [0.1, 0.15) is 22.4 Å². The van der Waals surface area contributed by atoms with Gasteiger partial charge in [0.25, 0.3) is 5.56 Å². The highest BCUT2D eigenvalue weighted by molar-refractivity contribution is 14.1. The lowest BCUT2D eigenvalue weighted by molar-refractivity contribution is 0.180. The number of nitrogens with one attached hydrogen (secondary N) is 1. The van der Waals surface area contributed by atoms with Gasteiger partial charge in [0.1, 0.15) is 9.39 Å². The molecule has 0 spiro atoms. The number of aryl methyl sites for hydroxylation is 3. The van der Waals surface area contributed by atoms with Gasteiger partial charge in [-0.05, 0) is 54.5 Å². The zero-order chi connectivity index (χ0) is 14.9. The molecule has 1 N–H and O–H groups in total. The molecular weight excluding hydrogens is 367 g/mol. The van der Waals surface area contributed by atoms with Crippen LogP contribution in [-0.2, 0) is 11.3 Å². The lowest BCUT2D eigenvalue weighted by atomic mass is 9.99. The van der Waals surface area contributed by atoms with Gasteiger partial charge in [-0.3, -0.25) is 4.79 Å². The smallest absolute Gasteiger partial charge is 0.264 e. The molecule has 4 nitrogen and oxygen atoms in total. The molecule has 5 heteroatoms. The molecule has 0 unspecified atom stereocenters. The van der Waals surface area contributed by atoms with Crippen molar-refractivity contribution in [3.8, 4) is 11.4 Å². The van der Waals surface area contributed by atoms with Crippen molar-refractivity contribution in [3.05, 3.63) is 48.4 Å². The molecule has 0 bridgehead atoms. The fraction of sp³-hybridized carbons (Fsp3) is 0.333. The number of aromatic amines is 1. The summed E-state index contributed by atoms with van der Waals surface area (Å²) in [5, 5.41) is 0. The Hall–Kier alpha value is -1.21. The van der Waals surface area contributed by atoms with Crippen molar-refractivity contribution < 1.29 is 4.74 Å². The van der Waals surface area contributed by atoms with E-state index in [1.165, 1.54) is 5.56 Å². The van der Waals surface area contributed by atoms with E-state index in [1.807, 2.05) is 36.4 Å². The molecule has 1 heterocycles. The molecule has 2 aromatic rings. The van der Waals surface area contributed by atoms with Gasteiger partial charge in [0.05, 0.1) is 12.3 Å². The lowest BCUT2D eigenvalue weighted by Gasteiger charge is -2.12. The molecule has 0 amide bonds. The van der Waals surface area contributed by atoms with Crippen molar-refractivity contribution in [1.82, 2.24) is 9.97 Å². The van der Waals surface area contributed by atoms with Gasteiger partial charge in [0.2, 0.25) is 0 Å². The fourth-order valence-electron chi connectivity index (χ4n) is 2.41. The Kier molecular flexibility index (Phi) is 4.59. The number of aromatic nitrogens is 2. The number of rotatable bonds is 3. The number of hydrogen-bond donors (Lipinski definition) is 1. The van der Waals surface area contributed by atoms with Crippen molar-refractivity contribution in [2.24, 2.45) is 0 Å². The molecule has 1 aromatic carbocycles. The zero-order valence-corrected chi connectivity index (χ0v) is 14.2. The van der Waals surface area contributed by atoms with Crippen molar-refractivity contribution >= 4 is 22.6 Å². The Morgan fingerprint density at radius 1 is 1.25 bits per heavy atom. The van der Waals surface area contributed by atoms with Crippen LogP contribution in [0.4, 0.5) is 0 Å². The maximum atomic E-state index is 12.0. The quantitative estimate of drug-likeness (QED) is 0.828. The topological polar surface area (TPSA) is 55.0 Å². The molecular formula is C15H17IN2O2. The number of H-pyrrole nitrogens is 1. The normalized spacial score (nSPS) is 10.8. The monoisotopic (exact) mass is 384 g/mol. The van der Waals surface area contributed by atoms with Crippen molar-refractivity contribution in [3.63, 3.8) is 0 Å². The maximum absolute atomic E-state index is 12.0. The van der Waals surface area contributed by atoms with Gasteiger partial charge in [-0.25, -0.2) is 4.98 Å². The van der Waals surface area contributed by atoms with Crippen LogP contribution in [0, 0.1) is 24.3 Å². The third-order valence-corrected chi connectivity index (χ3v) is 4.24. The largest absolute Gasteiger partial charge is 0.378 e. The summed E-state index contributed by atoms with van der Waals surface area (Å²) >= 11 is 2.00. The van der Waals surface area contributed by atoms with Crippen molar-refractivity contribution in [2.45, 2.75) is 27.4 Å². The summed E-state index contributed by atoms with van der Waals surface area (Å²) in [6, 6.07) is 4.19. The first kappa shape index (κ1) is 15.2. The summed E-state index contributed by atoms with van der Waals surface area (Å²) in [6.07, 6.45) is 0. The Morgan fingerprint density at radius 2 is 1.85 bits per heavy atom. The van der Waals surface area contributed by atoms with E-state index in [-0.39, 0.29) is 5.56 Å². The van der Waals surface area contributed by atoms with Crippen molar-refractivity contribution in [1.29, 1.82) is 0 Å². The number of halogens is 1. The van der Waals surface area contributed by atoms with E-state index in [2.05, 4.69) is 29.0 Å². The van der Waals surface area contributed by atoms with Crippen molar-refractivity contribution in [2.75, 3.05) is 7.11 Å². The van der Waals surface area contributed by atoms with E-state index in [1.54, 1.807) is 7.11 Å². The summed E-state index contributed by atoms with van der Waals surface area (Å²) in [6.45, 7) is 6.45. The molecule has 0 aliphatic heterocycles. The number of ether oxygens (including phenoxy) is 1. The molecule has 0 saturated heterocycles. The number of benzene rings is 1. The highest BCUT2D eigenvalue weighted by Crippen LogP contribution is 2.25. The zero-order valence-electron chi connectivity index (χ0n) is 12.0. The Morgan fingerprint density at radius 3 is 2.40 bits per heavy atom. The lowest BCUT2D eigenvalue weighted by Crippen LogP contribution is -2.17. The number of nitrogens with zero attached hydrogens (tertiary/aromatic N) is 1. The minimum absolute atomic E-state index is 0.123. The van der Waals surface area contributed by atoms with E-state index in [0.717, 1.165) is 16.7 Å². The molecule has 106 valence electrons. The number of hydrogen-bond acceptors (Lipinski definition) is 3. The Bertz CT molecular complexity index is 685. The fourth-order valence-corrected chi connectivity index (χ4v) is 2.82. The first-order chi connectivity index (χ1) is 9.43. The van der Waals surface area contributed by atoms with Crippen LogP contribution in [0.2, 0.25) is 0 Å². The van der Waals surface area contributed by atoms with Crippen LogP contribution in [0.5, 0.6) is 0 Å². The van der Waals surface area contributed by atoms with Gasteiger partial charge in [0.15, 0.2) is 0 Å². The Balaban J connectivity index is 2.68. The second kappa shape index (κ2) is 6.05. The van der Waals surface area contributed by atoms with Crippen LogP contribution in [-0.4, -0.2) is 17.1 Å². The standard InChI is InChI=1S/C15H17IN2O2/c1-8-5-9(2)12(10(3)6-8)14-17-11(7-20-4)13(16)15(19)18-14/h5-6H,7H2,1-4H3,(H,17,18,19). The first-order valence-corrected chi connectivity index (χ1v) is 7.37. The summed E-state index contributed by atoms with van der Waals surface area (Å²) in [7, 11) is 1.60. The van der Waals surface area contributed by atoms with Gasteiger partial charge < -0.3 is 9.72 Å². The molecule has 2 rings (SSSR count). The predicted molar refractivity (Wildman–Crippen MR) is 87.9 cm³/mol. The highest BCUT2D eigenvalue weighted by Gasteiger charge is 2.13. The van der Waals surface area contributed by atoms with Gasteiger partial charge in [-0.2, -0.15) is 0 Å². The molecule has 20 heavy (non-hydrogen) atoms. The average Bonchev–Trinajstić information content (AvgIpc) is 2.34. The van der Waals surface area contributed by atoms with Gasteiger partial charge in [-0.15, -0.1) is 0 Å². The van der Waals surface area contributed by atoms with Crippen LogP contribution in [0.25, 0.3) is 11.4 Å². The van der Waals surface area contributed by atoms with Gasteiger partial charge in [-0.1, -0.05) is 17.7 Å². The summed E-state index contributed by atoms with van der Waals surface area (Å²) < 4.78 is 5.69. The van der Waals surface area contributed by atoms with Gasteiger partial charge in [0, 0.05) is 12.7 Å². The molecule has 0 aliphatic rings. The predicted octanol–water partition coefficient (Wildman–Crippen LogP) is 3.11. The van der Waals surface area contributed by atoms with Crippen LogP contribution in [0.15, 0.2) is 16.9 Å². The van der Waals surface area contributed by atoms with E-state index >= 15 is 0 Å². The molecule has 0 saturated carbocycles. The Labute approximate surface area is 131 Å². The third-order valence-electron chi connectivity index (χ3n) is 3.13. The van der Waals surface area contributed by atoms with Gasteiger partial charge >= 0.3 is 0 Å². The average molecular weight is 384 g/mol. The van der Waals surface area contributed by atoms with Crippen LogP contribution in [0.3, 0.4) is 0 Å². The maximum Gasteiger partial charge on any atom is 0.264 e. The second-order valence-electron chi connectivity index (χ2n) is 4.88. The minimum atomic E-state index is -0.123. The number of methoxy groups -OCH3 is 1. The van der Waals surface area contributed by atoms with E-state index < -0.39 is 0 Å². The molecule has 0 atom stereocenters. The first-order valence-electron chi connectivity index (χ1n) is 6.30. The summed E-state index contributed by atoms with van der Waals surface area (Å²) in [4.78, 5) is 19.5. The molecule has 0 aliphatic carbocycles. The summed E-state index contributed by atoms with van der Waals surface area (Å²) in [5.74, 6) is 0.609.